The van der Waals surface area contributed by atoms with Gasteiger partial charge in [0.2, 0.25) is 11.8 Å². The molecule has 15 heteroatoms. The van der Waals surface area contributed by atoms with Gasteiger partial charge in [0.1, 0.15) is 17.4 Å². The van der Waals surface area contributed by atoms with E-state index in [1.54, 1.807) is 37.7 Å². The van der Waals surface area contributed by atoms with Crippen molar-refractivity contribution in [2.45, 2.75) is 58.2 Å². The summed E-state index contributed by atoms with van der Waals surface area (Å²) in [5.74, 6) is -1.85. The van der Waals surface area contributed by atoms with E-state index in [0.717, 1.165) is 10.6 Å². The molecule has 15 nitrogen and oxygen atoms in total. The number of piperidine rings is 1. The lowest BCUT2D eigenvalue weighted by Crippen LogP contribution is -2.54. The molecule has 0 saturated carbocycles. The van der Waals surface area contributed by atoms with Gasteiger partial charge in [-0.25, -0.2) is 9.48 Å². The lowest BCUT2D eigenvalue weighted by atomic mass is 10.0. The van der Waals surface area contributed by atoms with Gasteiger partial charge in [-0.3, -0.25) is 29.4 Å². The van der Waals surface area contributed by atoms with E-state index in [9.17, 15) is 24.0 Å². The molecule has 0 aliphatic carbocycles. The molecular weight excluding hydrogens is 564 g/mol. The highest BCUT2D eigenvalue weighted by Crippen LogP contribution is 2.30. The van der Waals surface area contributed by atoms with Gasteiger partial charge < -0.3 is 24.3 Å². The van der Waals surface area contributed by atoms with Gasteiger partial charge in [-0.2, -0.15) is 0 Å². The van der Waals surface area contributed by atoms with Crippen LogP contribution in [0.1, 0.15) is 60.0 Å². The number of hydrogen-bond acceptors (Lipinski definition) is 11. The molecule has 0 radical (unpaired) electrons. The van der Waals surface area contributed by atoms with Crippen LogP contribution in [0.2, 0.25) is 0 Å². The van der Waals surface area contributed by atoms with E-state index in [4.69, 9.17) is 18.9 Å². The van der Waals surface area contributed by atoms with Gasteiger partial charge in [0, 0.05) is 19.4 Å². The van der Waals surface area contributed by atoms with Crippen LogP contribution in [-0.4, -0.2) is 101 Å². The van der Waals surface area contributed by atoms with Crippen LogP contribution in [-0.2, 0) is 36.8 Å². The standard InChI is InChI=1S/C28H36N6O9/c1-28(2,3)43-27(39)29-9-12-40-14-15-41-13-10-33-18(17-30-32-33)8-11-42-19-4-5-20-21(16-19)26(38)34(25(20)37)22-6-7-23(35)31-24(22)36/h4-5,16-17,22H,6-15H2,1-3H3,(H,29,39)(H,31,35,36). The number of alkyl carbamates (subject to hydrolysis) is 1. The normalized spacial score (nSPS) is 16.7. The van der Waals surface area contributed by atoms with E-state index >= 15 is 0 Å². The number of nitrogens with zero attached hydrogens (tertiary/aromatic N) is 4. The Kier molecular flexibility index (Phi) is 10.4. The average Bonchev–Trinajstić information content (AvgIpc) is 3.48. The zero-order chi connectivity index (χ0) is 31.0. The largest absolute Gasteiger partial charge is 0.493 e. The van der Waals surface area contributed by atoms with Crippen molar-refractivity contribution in [1.82, 2.24) is 30.5 Å². The van der Waals surface area contributed by atoms with Crippen LogP contribution in [0, 0.1) is 0 Å². The van der Waals surface area contributed by atoms with Crippen LogP contribution in [0.3, 0.4) is 0 Å². The van der Waals surface area contributed by atoms with Crippen LogP contribution >= 0.6 is 0 Å². The first kappa shape index (κ1) is 31.6. The molecule has 4 rings (SSSR count). The molecule has 3 heterocycles. The van der Waals surface area contributed by atoms with E-state index < -0.39 is 41.4 Å². The van der Waals surface area contributed by atoms with Crippen molar-refractivity contribution < 1.29 is 42.9 Å². The molecule has 0 bridgehead atoms. The molecule has 5 amide bonds. The van der Waals surface area contributed by atoms with Crippen LogP contribution in [0.4, 0.5) is 4.79 Å². The number of aromatic nitrogens is 3. The molecule has 2 aromatic rings. The third-order valence-electron chi connectivity index (χ3n) is 6.47. The molecule has 43 heavy (non-hydrogen) atoms. The number of amides is 5. The number of imide groups is 2. The minimum absolute atomic E-state index is 0.0563. The summed E-state index contributed by atoms with van der Waals surface area (Å²) in [4.78, 5) is 62.0. The molecule has 1 saturated heterocycles. The number of ether oxygens (including phenoxy) is 4. The summed E-state index contributed by atoms with van der Waals surface area (Å²) in [6, 6.07) is 3.56. The second-order valence-electron chi connectivity index (χ2n) is 10.9. The number of rotatable bonds is 14. The maximum atomic E-state index is 13.0. The molecule has 232 valence electrons. The smallest absolute Gasteiger partial charge is 0.407 e. The van der Waals surface area contributed by atoms with Crippen LogP contribution in [0.15, 0.2) is 24.4 Å². The van der Waals surface area contributed by atoms with E-state index in [0.29, 0.717) is 51.7 Å². The summed E-state index contributed by atoms with van der Waals surface area (Å²) in [6.45, 7) is 7.92. The molecule has 2 aliphatic rings. The molecule has 2 aliphatic heterocycles. The Morgan fingerprint density at radius 2 is 1.77 bits per heavy atom. The number of hydrogen-bond donors (Lipinski definition) is 2. The van der Waals surface area contributed by atoms with Crippen molar-refractivity contribution in [2.75, 3.05) is 39.6 Å². The molecule has 2 N–H and O–H groups in total. The summed E-state index contributed by atoms with van der Waals surface area (Å²) in [5.41, 5.74) is 0.615. The number of benzene rings is 1. The van der Waals surface area contributed by atoms with E-state index in [-0.39, 0.29) is 30.6 Å². The quantitative estimate of drug-likeness (QED) is 0.232. The predicted molar refractivity (Wildman–Crippen MR) is 148 cm³/mol. The number of nitrogens with one attached hydrogen (secondary N) is 2. The predicted octanol–water partition coefficient (Wildman–Crippen LogP) is 0.859. The lowest BCUT2D eigenvalue weighted by Gasteiger charge is -2.27. The van der Waals surface area contributed by atoms with Gasteiger partial charge in [0.25, 0.3) is 11.8 Å². The van der Waals surface area contributed by atoms with E-state index in [2.05, 4.69) is 20.9 Å². The SMILES string of the molecule is CC(C)(C)OC(=O)NCCOCCOCCn1nncc1CCOc1ccc2c(c1)C(=O)N(C1CCC(=O)NC1=O)C2=O. The summed E-state index contributed by atoms with van der Waals surface area (Å²) in [5, 5.41) is 12.8. The van der Waals surface area contributed by atoms with Gasteiger partial charge in [0.05, 0.1) is 62.6 Å². The first-order valence-electron chi connectivity index (χ1n) is 14.0. The van der Waals surface area contributed by atoms with Crippen molar-refractivity contribution in [1.29, 1.82) is 0 Å². The second-order valence-corrected chi connectivity index (χ2v) is 10.9. The molecule has 1 aromatic carbocycles. The summed E-state index contributed by atoms with van der Waals surface area (Å²) in [7, 11) is 0. The fourth-order valence-electron chi connectivity index (χ4n) is 4.49. The number of carbonyl (C=O) groups excluding carboxylic acids is 5. The fraction of sp³-hybridized carbons (Fsp3) is 0.536. The Hall–Kier alpha value is -4.37. The Balaban J connectivity index is 1.15. The fourth-order valence-corrected chi connectivity index (χ4v) is 4.49. The number of fused-ring (bicyclic) bond motifs is 1. The Morgan fingerprint density at radius 1 is 1.02 bits per heavy atom. The van der Waals surface area contributed by atoms with Crippen LogP contribution in [0.5, 0.6) is 5.75 Å². The molecular formula is C28H36N6O9. The molecule has 1 fully saturated rings. The van der Waals surface area contributed by atoms with Gasteiger partial charge in [-0.1, -0.05) is 5.21 Å². The highest BCUT2D eigenvalue weighted by atomic mass is 16.6. The summed E-state index contributed by atoms with van der Waals surface area (Å²) < 4.78 is 23.7. The number of carbonyl (C=O) groups is 5. The van der Waals surface area contributed by atoms with Crippen molar-refractivity contribution in [3.05, 3.63) is 41.2 Å². The minimum Gasteiger partial charge on any atom is -0.493 e. The van der Waals surface area contributed by atoms with Gasteiger partial charge in [-0.15, -0.1) is 5.10 Å². The Morgan fingerprint density at radius 3 is 2.51 bits per heavy atom. The maximum Gasteiger partial charge on any atom is 0.407 e. The van der Waals surface area contributed by atoms with Gasteiger partial charge in [0.15, 0.2) is 0 Å². The zero-order valence-electron chi connectivity index (χ0n) is 24.4. The second kappa shape index (κ2) is 14.2. The van der Waals surface area contributed by atoms with E-state index in [1.807, 2.05) is 0 Å². The zero-order valence-corrected chi connectivity index (χ0v) is 24.4. The van der Waals surface area contributed by atoms with Crippen LogP contribution in [0.25, 0.3) is 0 Å². The average molecular weight is 601 g/mol. The maximum absolute atomic E-state index is 13.0. The van der Waals surface area contributed by atoms with Crippen molar-refractivity contribution in [2.24, 2.45) is 0 Å². The van der Waals surface area contributed by atoms with Crippen molar-refractivity contribution >= 4 is 29.7 Å². The first-order chi connectivity index (χ1) is 20.5. The van der Waals surface area contributed by atoms with Crippen molar-refractivity contribution in [3.63, 3.8) is 0 Å². The Bertz CT molecular complexity index is 1350. The van der Waals surface area contributed by atoms with Gasteiger partial charge in [-0.05, 0) is 45.4 Å². The van der Waals surface area contributed by atoms with Crippen molar-refractivity contribution in [3.8, 4) is 5.75 Å². The third kappa shape index (κ3) is 8.58. The topological polar surface area (TPSA) is 180 Å². The molecule has 1 atom stereocenters. The highest BCUT2D eigenvalue weighted by Gasteiger charge is 2.44. The third-order valence-corrected chi connectivity index (χ3v) is 6.47. The molecule has 1 aromatic heterocycles. The molecule has 0 spiro atoms. The first-order valence-corrected chi connectivity index (χ1v) is 14.0. The highest BCUT2D eigenvalue weighted by molar-refractivity contribution is 6.23. The van der Waals surface area contributed by atoms with Crippen LogP contribution < -0.4 is 15.4 Å². The minimum atomic E-state index is -1.02. The Labute approximate surface area is 248 Å². The summed E-state index contributed by atoms with van der Waals surface area (Å²) in [6.07, 6.45) is 1.77. The molecule has 1 unspecified atom stereocenters. The van der Waals surface area contributed by atoms with Gasteiger partial charge >= 0.3 is 6.09 Å². The monoisotopic (exact) mass is 600 g/mol. The van der Waals surface area contributed by atoms with E-state index in [1.165, 1.54) is 12.1 Å². The lowest BCUT2D eigenvalue weighted by molar-refractivity contribution is -0.136. The summed E-state index contributed by atoms with van der Waals surface area (Å²) >= 11 is 0.